The van der Waals surface area contributed by atoms with Crippen molar-refractivity contribution in [3.63, 3.8) is 0 Å². The van der Waals surface area contributed by atoms with Gasteiger partial charge in [-0.2, -0.15) is 4.98 Å². The molecule has 2 aromatic carbocycles. The Morgan fingerprint density at radius 2 is 1.88 bits per heavy atom. The normalized spacial score (nSPS) is 15.9. The topological polar surface area (TPSA) is 80.5 Å². The summed E-state index contributed by atoms with van der Waals surface area (Å²) in [6.07, 6.45) is 1.63. The summed E-state index contributed by atoms with van der Waals surface area (Å²) in [4.78, 5) is 19.5. The first kappa shape index (κ1) is 22.0. The van der Waals surface area contributed by atoms with Crippen molar-refractivity contribution in [1.82, 2.24) is 20.4 Å². The third-order valence-corrected chi connectivity index (χ3v) is 5.80. The Morgan fingerprint density at radius 3 is 2.62 bits per heavy atom. The first-order chi connectivity index (χ1) is 15.6. The predicted octanol–water partition coefficient (Wildman–Crippen LogP) is 3.84. The molecule has 0 aliphatic carbocycles. The summed E-state index contributed by atoms with van der Waals surface area (Å²) in [5.41, 5.74) is 2.11. The van der Waals surface area contributed by atoms with E-state index in [9.17, 15) is 4.79 Å². The first-order valence-electron chi connectivity index (χ1n) is 11.2. The molecule has 1 fully saturated rings. The minimum Gasteiger partial charge on any atom is -0.491 e. The number of amides is 1. The van der Waals surface area contributed by atoms with E-state index in [2.05, 4.69) is 20.4 Å². The van der Waals surface area contributed by atoms with E-state index in [1.165, 1.54) is 0 Å². The van der Waals surface area contributed by atoms with Gasteiger partial charge in [0.1, 0.15) is 12.4 Å². The monoisotopic (exact) mass is 434 g/mol. The number of ether oxygens (including phenoxy) is 1. The minimum absolute atomic E-state index is 0.0237. The number of rotatable bonds is 8. The van der Waals surface area contributed by atoms with Gasteiger partial charge < -0.3 is 14.6 Å². The average molecular weight is 435 g/mol. The van der Waals surface area contributed by atoms with Gasteiger partial charge in [0, 0.05) is 11.5 Å². The maximum atomic E-state index is 12.7. The third kappa shape index (κ3) is 5.73. The summed E-state index contributed by atoms with van der Waals surface area (Å²) in [7, 11) is 0. The van der Waals surface area contributed by atoms with Crippen molar-refractivity contribution in [3.8, 4) is 17.1 Å². The molecule has 0 saturated carbocycles. The van der Waals surface area contributed by atoms with Crippen molar-refractivity contribution in [2.24, 2.45) is 5.92 Å². The van der Waals surface area contributed by atoms with Gasteiger partial charge in [-0.05, 0) is 57.5 Å². The second kappa shape index (κ2) is 10.4. The molecular formula is C25H30N4O3. The van der Waals surface area contributed by atoms with Crippen LogP contribution in [-0.2, 0) is 11.3 Å². The molecule has 1 aromatic heterocycles. The lowest BCUT2D eigenvalue weighted by molar-refractivity contribution is -0.127. The number of likely N-dealkylation sites (tertiary alicyclic amines) is 1. The van der Waals surface area contributed by atoms with E-state index in [1.54, 1.807) is 0 Å². The van der Waals surface area contributed by atoms with E-state index in [-0.39, 0.29) is 17.9 Å². The van der Waals surface area contributed by atoms with Crippen LogP contribution in [0.25, 0.3) is 11.4 Å². The lowest BCUT2D eigenvalue weighted by atomic mass is 9.95. The molecule has 1 atom stereocenters. The molecule has 1 unspecified atom stereocenters. The summed E-state index contributed by atoms with van der Waals surface area (Å²) in [6, 6.07) is 17.6. The number of benzene rings is 2. The van der Waals surface area contributed by atoms with E-state index < -0.39 is 0 Å². The van der Waals surface area contributed by atoms with Crippen molar-refractivity contribution in [3.05, 3.63) is 66.1 Å². The first-order valence-corrected chi connectivity index (χ1v) is 11.2. The molecule has 1 aliphatic rings. The van der Waals surface area contributed by atoms with Crippen LogP contribution in [0.3, 0.4) is 0 Å². The van der Waals surface area contributed by atoms with Crippen LogP contribution in [0, 0.1) is 12.8 Å². The number of para-hydroxylation sites is 1. The Morgan fingerprint density at radius 1 is 1.16 bits per heavy atom. The number of aromatic nitrogens is 2. The molecule has 7 nitrogen and oxygen atoms in total. The second-order valence-electron chi connectivity index (χ2n) is 8.41. The highest BCUT2D eigenvalue weighted by atomic mass is 16.5. The second-order valence-corrected chi connectivity index (χ2v) is 8.41. The molecule has 1 saturated heterocycles. The largest absolute Gasteiger partial charge is 0.491 e. The maximum Gasteiger partial charge on any atom is 0.241 e. The van der Waals surface area contributed by atoms with E-state index in [0.717, 1.165) is 42.8 Å². The Hall–Kier alpha value is -3.19. The van der Waals surface area contributed by atoms with Gasteiger partial charge in [0.15, 0.2) is 0 Å². The molecule has 4 rings (SSSR count). The summed E-state index contributed by atoms with van der Waals surface area (Å²) >= 11 is 0. The van der Waals surface area contributed by atoms with Gasteiger partial charge >= 0.3 is 0 Å². The van der Waals surface area contributed by atoms with Gasteiger partial charge in [-0.25, -0.2) is 0 Å². The molecule has 1 N–H and O–H groups in total. The van der Waals surface area contributed by atoms with E-state index in [0.29, 0.717) is 24.9 Å². The number of hydrogen-bond donors (Lipinski definition) is 1. The van der Waals surface area contributed by atoms with Gasteiger partial charge in [-0.1, -0.05) is 47.6 Å². The molecule has 2 heterocycles. The quantitative estimate of drug-likeness (QED) is 0.580. The zero-order valence-electron chi connectivity index (χ0n) is 18.7. The molecule has 0 bridgehead atoms. The summed E-state index contributed by atoms with van der Waals surface area (Å²) in [6.45, 7) is 6.72. The smallest absolute Gasteiger partial charge is 0.241 e. The predicted molar refractivity (Wildman–Crippen MR) is 122 cm³/mol. The van der Waals surface area contributed by atoms with Crippen LogP contribution >= 0.6 is 0 Å². The third-order valence-electron chi connectivity index (χ3n) is 5.80. The van der Waals surface area contributed by atoms with Crippen molar-refractivity contribution >= 4 is 5.91 Å². The lowest BCUT2D eigenvalue weighted by Gasteiger charge is -2.30. The molecule has 3 aromatic rings. The fourth-order valence-electron chi connectivity index (χ4n) is 3.94. The van der Waals surface area contributed by atoms with Gasteiger partial charge in [0.25, 0.3) is 0 Å². The highest BCUT2D eigenvalue weighted by Gasteiger charge is 2.27. The van der Waals surface area contributed by atoms with Crippen LogP contribution in [0.4, 0.5) is 0 Å². The molecule has 0 spiro atoms. The van der Waals surface area contributed by atoms with Gasteiger partial charge in [0.05, 0.1) is 12.6 Å². The molecular weight excluding hydrogens is 404 g/mol. The van der Waals surface area contributed by atoms with Gasteiger partial charge in [-0.3, -0.25) is 9.69 Å². The number of carbonyl (C=O) groups is 1. The standard InChI is InChI=1S/C25H30N4O3/c1-18-8-6-7-11-22(18)24-27-23(32-28-24)16-29-14-12-20(13-15-29)25(30)26-19(2)17-31-21-9-4-3-5-10-21/h3-11,19-20H,12-17H2,1-2H3,(H,26,30). The minimum atomic E-state index is -0.0426. The number of nitrogens with one attached hydrogen (secondary N) is 1. The Bertz CT molecular complexity index is 1010. The van der Waals surface area contributed by atoms with Crippen molar-refractivity contribution < 1.29 is 14.1 Å². The van der Waals surface area contributed by atoms with Crippen LogP contribution in [0.5, 0.6) is 5.75 Å². The number of aryl methyl sites for hydroxylation is 1. The summed E-state index contributed by atoms with van der Waals surface area (Å²) in [5.74, 6) is 2.18. The molecule has 0 radical (unpaired) electrons. The van der Waals surface area contributed by atoms with E-state index in [4.69, 9.17) is 9.26 Å². The molecule has 32 heavy (non-hydrogen) atoms. The summed E-state index contributed by atoms with van der Waals surface area (Å²) < 4.78 is 11.2. The van der Waals surface area contributed by atoms with Crippen LogP contribution in [0.15, 0.2) is 59.1 Å². The van der Waals surface area contributed by atoms with Crippen LogP contribution in [0.2, 0.25) is 0 Å². The van der Waals surface area contributed by atoms with Crippen molar-refractivity contribution in [2.75, 3.05) is 19.7 Å². The van der Waals surface area contributed by atoms with Gasteiger partial charge in [0.2, 0.25) is 17.6 Å². The SMILES string of the molecule is Cc1ccccc1-c1noc(CN2CCC(C(=O)NC(C)COc3ccccc3)CC2)n1. The Balaban J connectivity index is 1.21. The zero-order chi connectivity index (χ0) is 22.3. The number of nitrogens with zero attached hydrogens (tertiary/aromatic N) is 3. The van der Waals surface area contributed by atoms with Crippen molar-refractivity contribution in [1.29, 1.82) is 0 Å². The van der Waals surface area contributed by atoms with E-state index >= 15 is 0 Å². The lowest BCUT2D eigenvalue weighted by Crippen LogP contribution is -2.44. The van der Waals surface area contributed by atoms with Crippen LogP contribution in [-0.4, -0.2) is 46.7 Å². The van der Waals surface area contributed by atoms with Gasteiger partial charge in [-0.15, -0.1) is 0 Å². The van der Waals surface area contributed by atoms with Crippen molar-refractivity contribution in [2.45, 2.75) is 39.3 Å². The number of hydrogen-bond acceptors (Lipinski definition) is 6. The Kier molecular flexibility index (Phi) is 7.17. The fraction of sp³-hybridized carbons (Fsp3) is 0.400. The maximum absolute atomic E-state index is 12.7. The number of piperidine rings is 1. The average Bonchev–Trinajstić information content (AvgIpc) is 3.27. The van der Waals surface area contributed by atoms with Crippen LogP contribution < -0.4 is 10.1 Å². The summed E-state index contributed by atoms with van der Waals surface area (Å²) in [5, 5.41) is 7.23. The van der Waals surface area contributed by atoms with E-state index in [1.807, 2.05) is 68.4 Å². The fourth-order valence-corrected chi connectivity index (χ4v) is 3.94. The Labute approximate surface area is 188 Å². The van der Waals surface area contributed by atoms with Crippen LogP contribution in [0.1, 0.15) is 31.2 Å². The molecule has 1 aliphatic heterocycles. The highest BCUT2D eigenvalue weighted by Crippen LogP contribution is 2.22. The molecule has 168 valence electrons. The number of carbonyl (C=O) groups excluding carboxylic acids is 1. The zero-order valence-corrected chi connectivity index (χ0v) is 18.7. The molecule has 1 amide bonds. The highest BCUT2D eigenvalue weighted by molar-refractivity contribution is 5.79. The molecule has 7 heteroatoms.